The molecular weight excluding hydrogens is 468 g/mol. The first-order chi connectivity index (χ1) is 17.0. The van der Waals surface area contributed by atoms with Gasteiger partial charge in [-0.3, -0.25) is 19.5 Å². The summed E-state index contributed by atoms with van der Waals surface area (Å²) in [5.41, 5.74) is 0.978. The van der Waals surface area contributed by atoms with Crippen LogP contribution < -0.4 is 10.1 Å². The van der Waals surface area contributed by atoms with Gasteiger partial charge in [-0.15, -0.1) is 10.2 Å². The van der Waals surface area contributed by atoms with E-state index in [2.05, 4.69) is 20.1 Å². The predicted octanol–water partition coefficient (Wildman–Crippen LogP) is 4.97. The van der Waals surface area contributed by atoms with Gasteiger partial charge in [-0.05, 0) is 43.2 Å². The van der Waals surface area contributed by atoms with Crippen LogP contribution in [0.3, 0.4) is 0 Å². The number of anilines is 1. The van der Waals surface area contributed by atoms with Crippen molar-refractivity contribution < 1.29 is 14.5 Å². The fourth-order valence-electron chi connectivity index (χ4n) is 4.14. The van der Waals surface area contributed by atoms with E-state index < -0.39 is 4.92 Å². The van der Waals surface area contributed by atoms with Crippen LogP contribution in [0.4, 0.5) is 11.4 Å². The minimum absolute atomic E-state index is 0.0321. The van der Waals surface area contributed by atoms with Crippen molar-refractivity contribution in [1.82, 2.24) is 14.8 Å². The van der Waals surface area contributed by atoms with E-state index in [1.165, 1.54) is 30.3 Å². The van der Waals surface area contributed by atoms with Gasteiger partial charge in [0.05, 0.1) is 29.0 Å². The number of hydrogen-bond acceptors (Lipinski definition) is 8. The van der Waals surface area contributed by atoms with Crippen LogP contribution in [0.2, 0.25) is 0 Å². The number of ether oxygens (including phenoxy) is 1. The third kappa shape index (κ3) is 5.60. The average molecular weight is 493 g/mol. The lowest BCUT2D eigenvalue weighted by Crippen LogP contribution is -2.18. The Balaban J connectivity index is 1.53. The number of non-ortho nitro benzene ring substituents is 1. The zero-order valence-corrected chi connectivity index (χ0v) is 20.0. The summed E-state index contributed by atoms with van der Waals surface area (Å²) in [5, 5.41) is 32.4. The van der Waals surface area contributed by atoms with E-state index in [0.29, 0.717) is 5.16 Å². The van der Waals surface area contributed by atoms with Gasteiger partial charge in [-0.2, -0.15) is 5.26 Å². The van der Waals surface area contributed by atoms with E-state index in [9.17, 15) is 20.2 Å². The van der Waals surface area contributed by atoms with Crippen LogP contribution in [-0.4, -0.2) is 38.5 Å². The van der Waals surface area contributed by atoms with Gasteiger partial charge in [-0.1, -0.05) is 31.0 Å². The monoisotopic (exact) mass is 492 g/mol. The number of benzene rings is 2. The molecule has 4 rings (SSSR count). The van der Waals surface area contributed by atoms with Crippen molar-refractivity contribution in [2.45, 2.75) is 43.3 Å². The quantitative estimate of drug-likeness (QED) is 0.264. The van der Waals surface area contributed by atoms with Crippen molar-refractivity contribution in [2.24, 2.45) is 0 Å². The zero-order valence-electron chi connectivity index (χ0n) is 19.1. The molecule has 1 heterocycles. The second-order valence-corrected chi connectivity index (χ2v) is 9.07. The molecule has 0 spiro atoms. The maximum Gasteiger partial charge on any atom is 0.270 e. The Hall–Kier alpha value is -3.91. The SMILES string of the molecule is COc1ccc(-c2nnc(SCC(=O)Nc3ccc([N+](=O)[O-])cc3C#N)n2C2CCCCC2)cc1. The number of nitro groups is 1. The lowest BCUT2D eigenvalue weighted by Gasteiger charge is -2.25. The first-order valence-corrected chi connectivity index (χ1v) is 12.2. The molecule has 1 saturated carbocycles. The van der Waals surface area contributed by atoms with Crippen LogP contribution in [-0.2, 0) is 4.79 Å². The molecule has 0 bridgehead atoms. The second-order valence-electron chi connectivity index (χ2n) is 8.13. The van der Waals surface area contributed by atoms with Crippen molar-refractivity contribution >= 4 is 29.0 Å². The molecule has 2 aromatic carbocycles. The molecule has 35 heavy (non-hydrogen) atoms. The Morgan fingerprint density at radius 3 is 2.63 bits per heavy atom. The number of nitro benzene ring substituents is 1. The standard InChI is InChI=1S/C24H24N6O4S/c1-34-20-10-7-16(8-11-20)23-27-28-24(29(23)18-5-3-2-4-6-18)35-15-22(31)26-21-12-9-19(30(32)33)13-17(21)14-25/h7-13,18H,2-6,15H2,1H3,(H,26,31). The summed E-state index contributed by atoms with van der Waals surface area (Å²) in [4.78, 5) is 23.0. The molecule has 180 valence electrons. The molecule has 1 aromatic heterocycles. The van der Waals surface area contributed by atoms with Crippen LogP contribution in [0.5, 0.6) is 5.75 Å². The van der Waals surface area contributed by atoms with Crippen molar-refractivity contribution in [3.63, 3.8) is 0 Å². The van der Waals surface area contributed by atoms with Gasteiger partial charge in [0, 0.05) is 23.7 Å². The van der Waals surface area contributed by atoms with Gasteiger partial charge in [0.25, 0.3) is 5.69 Å². The molecule has 0 unspecified atom stereocenters. The van der Waals surface area contributed by atoms with Gasteiger partial charge in [0.1, 0.15) is 11.8 Å². The number of aromatic nitrogens is 3. The molecule has 0 radical (unpaired) electrons. The van der Waals surface area contributed by atoms with Gasteiger partial charge < -0.3 is 10.1 Å². The Bertz CT molecular complexity index is 1260. The molecule has 1 aliphatic rings. The molecule has 0 atom stereocenters. The third-order valence-corrected chi connectivity index (χ3v) is 6.84. The van der Waals surface area contributed by atoms with Crippen LogP contribution in [0.1, 0.15) is 43.7 Å². The maximum absolute atomic E-state index is 12.7. The van der Waals surface area contributed by atoms with Crippen molar-refractivity contribution in [3.8, 4) is 23.2 Å². The molecule has 1 aliphatic carbocycles. The molecular formula is C24H24N6O4S. The van der Waals surface area contributed by atoms with Crippen LogP contribution in [0.25, 0.3) is 11.4 Å². The maximum atomic E-state index is 12.7. The predicted molar refractivity (Wildman–Crippen MR) is 131 cm³/mol. The summed E-state index contributed by atoms with van der Waals surface area (Å²) in [7, 11) is 1.62. The number of carbonyl (C=O) groups excluding carboxylic acids is 1. The Morgan fingerprint density at radius 1 is 1.23 bits per heavy atom. The number of carbonyl (C=O) groups is 1. The summed E-state index contributed by atoms with van der Waals surface area (Å²) in [6.45, 7) is 0. The van der Waals surface area contributed by atoms with Gasteiger partial charge >= 0.3 is 0 Å². The first-order valence-electron chi connectivity index (χ1n) is 11.2. The average Bonchev–Trinajstić information content (AvgIpc) is 3.32. The normalized spacial score (nSPS) is 13.7. The van der Waals surface area contributed by atoms with E-state index in [-0.39, 0.29) is 34.6 Å². The summed E-state index contributed by atoms with van der Waals surface area (Å²) in [6.07, 6.45) is 5.52. The molecule has 0 aliphatic heterocycles. The first kappa shape index (κ1) is 24.2. The summed E-state index contributed by atoms with van der Waals surface area (Å²) >= 11 is 1.27. The van der Waals surface area contributed by atoms with E-state index in [1.807, 2.05) is 30.3 Å². The van der Waals surface area contributed by atoms with E-state index in [4.69, 9.17) is 4.74 Å². The largest absolute Gasteiger partial charge is 0.497 e. The highest BCUT2D eigenvalue weighted by Crippen LogP contribution is 2.36. The van der Waals surface area contributed by atoms with Crippen LogP contribution in [0, 0.1) is 21.4 Å². The number of rotatable bonds is 8. The highest BCUT2D eigenvalue weighted by Gasteiger charge is 2.24. The van der Waals surface area contributed by atoms with Crippen molar-refractivity contribution in [1.29, 1.82) is 5.26 Å². The number of nitrogens with one attached hydrogen (secondary N) is 1. The molecule has 1 fully saturated rings. The van der Waals surface area contributed by atoms with Crippen LogP contribution in [0.15, 0.2) is 47.6 Å². The number of thioether (sulfide) groups is 1. The lowest BCUT2D eigenvalue weighted by molar-refractivity contribution is -0.384. The summed E-state index contributed by atoms with van der Waals surface area (Å²) in [6, 6.07) is 13.6. The minimum Gasteiger partial charge on any atom is -0.497 e. The van der Waals surface area contributed by atoms with Crippen molar-refractivity contribution in [3.05, 3.63) is 58.1 Å². The number of nitriles is 1. The van der Waals surface area contributed by atoms with Gasteiger partial charge in [0.15, 0.2) is 11.0 Å². The van der Waals surface area contributed by atoms with E-state index >= 15 is 0 Å². The highest BCUT2D eigenvalue weighted by molar-refractivity contribution is 7.99. The Labute approximate surface area is 206 Å². The van der Waals surface area contributed by atoms with Gasteiger partial charge in [0.2, 0.25) is 5.91 Å². The second kappa shape index (κ2) is 11.0. The van der Waals surface area contributed by atoms with Gasteiger partial charge in [-0.25, -0.2) is 0 Å². The molecule has 10 nitrogen and oxygen atoms in total. The Kier molecular flexibility index (Phi) is 7.62. The van der Waals surface area contributed by atoms with Crippen LogP contribution >= 0.6 is 11.8 Å². The molecule has 1 amide bonds. The molecule has 1 N–H and O–H groups in total. The number of amides is 1. The minimum atomic E-state index is -0.583. The topological polar surface area (TPSA) is 136 Å². The summed E-state index contributed by atoms with van der Waals surface area (Å²) in [5.74, 6) is 1.22. The lowest BCUT2D eigenvalue weighted by atomic mass is 9.95. The smallest absolute Gasteiger partial charge is 0.270 e. The number of nitrogens with zero attached hydrogens (tertiary/aromatic N) is 5. The fourth-order valence-corrected chi connectivity index (χ4v) is 4.95. The number of hydrogen-bond donors (Lipinski definition) is 1. The number of methoxy groups -OCH3 is 1. The highest BCUT2D eigenvalue weighted by atomic mass is 32.2. The summed E-state index contributed by atoms with van der Waals surface area (Å²) < 4.78 is 7.39. The van der Waals surface area contributed by atoms with E-state index in [0.717, 1.165) is 48.9 Å². The zero-order chi connectivity index (χ0) is 24.8. The molecule has 11 heteroatoms. The van der Waals surface area contributed by atoms with Crippen molar-refractivity contribution in [2.75, 3.05) is 18.2 Å². The Morgan fingerprint density at radius 2 is 1.97 bits per heavy atom. The molecule has 3 aromatic rings. The molecule has 0 saturated heterocycles. The third-order valence-electron chi connectivity index (χ3n) is 5.89. The van der Waals surface area contributed by atoms with E-state index in [1.54, 1.807) is 7.11 Å². The fraction of sp³-hybridized carbons (Fsp3) is 0.333.